The lowest BCUT2D eigenvalue weighted by atomic mass is 10.4. The van der Waals surface area contributed by atoms with Crippen molar-refractivity contribution in [3.63, 3.8) is 0 Å². The molecule has 0 saturated carbocycles. The van der Waals surface area contributed by atoms with Crippen LogP contribution in [-0.4, -0.2) is 60.8 Å². The molecule has 0 unspecified atom stereocenters. The van der Waals surface area contributed by atoms with Gasteiger partial charge in [0.05, 0.1) is 0 Å². The van der Waals surface area contributed by atoms with Crippen LogP contribution in [0.5, 0.6) is 0 Å². The average molecular weight is 207 g/mol. The number of ether oxygens (including phenoxy) is 2. The minimum absolute atomic E-state index is 0.161. The van der Waals surface area contributed by atoms with Crippen molar-refractivity contribution in [2.75, 3.05) is 45.4 Å². The zero-order valence-corrected chi connectivity index (χ0v) is 9.01. The van der Waals surface area contributed by atoms with Gasteiger partial charge >= 0.3 is 0 Å². The number of hydrogen-bond donors (Lipinski definition) is 0. The molecule has 0 radical (unpaired) electrons. The summed E-state index contributed by atoms with van der Waals surface area (Å²) in [4.78, 5) is 2.22. The van der Waals surface area contributed by atoms with Crippen molar-refractivity contribution < 1.29 is 13.7 Å². The Hall–Kier alpha value is 0.0300. The number of nitrogens with zero attached hydrogens (tertiary/aromatic N) is 1. The molecule has 1 aliphatic rings. The first kappa shape index (κ1) is 11.1. The van der Waals surface area contributed by atoms with E-state index in [-0.39, 0.29) is 6.29 Å². The summed E-state index contributed by atoms with van der Waals surface area (Å²) in [6.45, 7) is 2.54. The highest BCUT2D eigenvalue weighted by Crippen LogP contribution is 2.02. The fourth-order valence-electron chi connectivity index (χ4n) is 1.31. The van der Waals surface area contributed by atoms with Gasteiger partial charge in [-0.15, -0.1) is 0 Å². The van der Waals surface area contributed by atoms with Gasteiger partial charge in [-0.1, -0.05) is 0 Å². The predicted molar refractivity (Wildman–Crippen MR) is 52.1 cm³/mol. The van der Waals surface area contributed by atoms with E-state index in [0.29, 0.717) is 0 Å². The van der Waals surface area contributed by atoms with Crippen molar-refractivity contribution >= 4 is 10.8 Å². The van der Waals surface area contributed by atoms with Gasteiger partial charge < -0.3 is 9.47 Å². The summed E-state index contributed by atoms with van der Waals surface area (Å²) >= 11 is 0. The first-order chi connectivity index (χ1) is 6.26. The second-order valence-corrected chi connectivity index (χ2v) is 4.75. The summed E-state index contributed by atoms with van der Waals surface area (Å²) in [6.07, 6.45) is -0.161. The van der Waals surface area contributed by atoms with Crippen molar-refractivity contribution in [2.24, 2.45) is 0 Å². The highest BCUT2D eigenvalue weighted by Gasteiger charge is 2.18. The van der Waals surface area contributed by atoms with Crippen molar-refractivity contribution in [1.82, 2.24) is 4.90 Å². The van der Waals surface area contributed by atoms with Crippen molar-refractivity contribution in [1.29, 1.82) is 0 Å². The maximum Gasteiger partial charge on any atom is 0.169 e. The summed E-state index contributed by atoms with van der Waals surface area (Å²) in [7, 11) is 2.67. The van der Waals surface area contributed by atoms with Gasteiger partial charge in [-0.05, 0) is 0 Å². The van der Waals surface area contributed by atoms with E-state index in [1.165, 1.54) is 0 Å². The van der Waals surface area contributed by atoms with Crippen LogP contribution in [0.25, 0.3) is 0 Å². The minimum Gasteiger partial charge on any atom is -0.355 e. The van der Waals surface area contributed by atoms with Gasteiger partial charge in [-0.3, -0.25) is 9.11 Å². The molecule has 0 aromatic rings. The summed E-state index contributed by atoms with van der Waals surface area (Å²) in [5.74, 6) is 1.56. The van der Waals surface area contributed by atoms with Crippen LogP contribution >= 0.6 is 0 Å². The molecule has 0 aromatic heterocycles. The lowest BCUT2D eigenvalue weighted by molar-refractivity contribution is -0.115. The smallest absolute Gasteiger partial charge is 0.169 e. The van der Waals surface area contributed by atoms with Crippen LogP contribution in [0.15, 0.2) is 0 Å². The largest absolute Gasteiger partial charge is 0.355 e. The number of rotatable bonds is 4. The lowest BCUT2D eigenvalue weighted by Crippen LogP contribution is -2.42. The Morgan fingerprint density at radius 1 is 1.31 bits per heavy atom. The molecule has 0 bridgehead atoms. The monoisotopic (exact) mass is 207 g/mol. The summed E-state index contributed by atoms with van der Waals surface area (Å²) in [5.41, 5.74) is 0. The number of hydrogen-bond acceptors (Lipinski definition) is 4. The normalized spacial score (nSPS) is 21.2. The van der Waals surface area contributed by atoms with Crippen LogP contribution in [0, 0.1) is 0 Å². The predicted octanol–water partition coefficient (Wildman–Crippen LogP) is -0.330. The summed E-state index contributed by atoms with van der Waals surface area (Å²) in [6, 6.07) is 0. The first-order valence-corrected chi connectivity index (χ1v) is 5.88. The molecule has 1 rings (SSSR count). The van der Waals surface area contributed by atoms with E-state index in [4.69, 9.17) is 9.47 Å². The minimum atomic E-state index is -0.603. The van der Waals surface area contributed by atoms with E-state index in [2.05, 4.69) is 4.90 Å². The van der Waals surface area contributed by atoms with Crippen LogP contribution in [0.3, 0.4) is 0 Å². The molecule has 13 heavy (non-hydrogen) atoms. The third-order valence-electron chi connectivity index (χ3n) is 2.20. The van der Waals surface area contributed by atoms with Crippen LogP contribution in [0.4, 0.5) is 0 Å². The fourth-order valence-corrected chi connectivity index (χ4v) is 2.44. The van der Waals surface area contributed by atoms with Gasteiger partial charge in [0.2, 0.25) is 0 Å². The van der Waals surface area contributed by atoms with Crippen molar-refractivity contribution in [3.8, 4) is 0 Å². The fraction of sp³-hybridized carbons (Fsp3) is 1.00. The Morgan fingerprint density at radius 3 is 2.31 bits per heavy atom. The van der Waals surface area contributed by atoms with Gasteiger partial charge in [0, 0.05) is 56.2 Å². The zero-order chi connectivity index (χ0) is 9.68. The molecule has 1 aliphatic heterocycles. The Bertz CT molecular complexity index is 163. The van der Waals surface area contributed by atoms with Crippen molar-refractivity contribution in [3.05, 3.63) is 0 Å². The van der Waals surface area contributed by atoms with E-state index < -0.39 is 10.8 Å². The van der Waals surface area contributed by atoms with Gasteiger partial charge in [-0.25, -0.2) is 0 Å². The van der Waals surface area contributed by atoms with Gasteiger partial charge in [0.25, 0.3) is 0 Å². The molecule has 0 atom stereocenters. The SMILES string of the molecule is COC(CN1CCS(=O)CC1)OC. The molecule has 0 N–H and O–H groups in total. The Morgan fingerprint density at radius 2 is 1.85 bits per heavy atom. The van der Waals surface area contributed by atoms with E-state index >= 15 is 0 Å². The molecule has 1 saturated heterocycles. The van der Waals surface area contributed by atoms with Gasteiger partial charge in [0.1, 0.15) is 0 Å². The Balaban J connectivity index is 2.24. The molecule has 0 aliphatic carbocycles. The molecule has 1 fully saturated rings. The Labute approximate surface area is 81.6 Å². The maximum atomic E-state index is 11.1. The van der Waals surface area contributed by atoms with E-state index in [1.807, 2.05) is 0 Å². The quantitative estimate of drug-likeness (QED) is 0.592. The topological polar surface area (TPSA) is 38.8 Å². The van der Waals surface area contributed by atoms with Gasteiger partial charge in [-0.2, -0.15) is 0 Å². The van der Waals surface area contributed by atoms with E-state index in [9.17, 15) is 4.21 Å². The van der Waals surface area contributed by atoms with E-state index in [0.717, 1.165) is 31.1 Å². The zero-order valence-electron chi connectivity index (χ0n) is 8.19. The maximum absolute atomic E-state index is 11.1. The number of methoxy groups -OCH3 is 2. The van der Waals surface area contributed by atoms with Crippen LogP contribution in [0.2, 0.25) is 0 Å². The van der Waals surface area contributed by atoms with Crippen molar-refractivity contribution in [2.45, 2.75) is 6.29 Å². The molecule has 0 spiro atoms. The van der Waals surface area contributed by atoms with E-state index in [1.54, 1.807) is 14.2 Å². The highest BCUT2D eigenvalue weighted by molar-refractivity contribution is 7.85. The van der Waals surface area contributed by atoms with Crippen LogP contribution in [0.1, 0.15) is 0 Å². The third kappa shape index (κ3) is 3.72. The molecular weight excluding hydrogens is 190 g/mol. The van der Waals surface area contributed by atoms with Crippen LogP contribution < -0.4 is 0 Å². The molecule has 5 heteroatoms. The second kappa shape index (κ2) is 5.70. The van der Waals surface area contributed by atoms with Crippen LogP contribution in [-0.2, 0) is 20.3 Å². The third-order valence-corrected chi connectivity index (χ3v) is 3.48. The molecular formula is C8H17NO3S. The molecule has 78 valence electrons. The first-order valence-electron chi connectivity index (χ1n) is 4.39. The standard InChI is InChI=1S/C8H17NO3S/c1-11-8(12-2)7-9-3-5-13(10)6-4-9/h8H,3-7H2,1-2H3. The molecule has 0 aromatic carbocycles. The second-order valence-electron chi connectivity index (χ2n) is 3.05. The lowest BCUT2D eigenvalue weighted by Gasteiger charge is -2.28. The molecule has 4 nitrogen and oxygen atoms in total. The molecule has 1 heterocycles. The highest BCUT2D eigenvalue weighted by atomic mass is 32.2. The Kier molecular flexibility index (Phi) is 4.87. The summed E-state index contributed by atoms with van der Waals surface area (Å²) < 4.78 is 21.2. The average Bonchev–Trinajstić information content (AvgIpc) is 2.17. The summed E-state index contributed by atoms with van der Waals surface area (Å²) in [5, 5.41) is 0. The van der Waals surface area contributed by atoms with Gasteiger partial charge in [0.15, 0.2) is 6.29 Å². The molecule has 0 amide bonds.